The van der Waals surface area contributed by atoms with Gasteiger partial charge in [-0.1, -0.05) is 30.2 Å². The van der Waals surface area contributed by atoms with Gasteiger partial charge in [-0.25, -0.2) is 4.79 Å². The molecule has 1 heterocycles. The number of aryl methyl sites for hydroxylation is 1. The van der Waals surface area contributed by atoms with Crippen LogP contribution in [0.1, 0.15) is 45.6 Å². The predicted octanol–water partition coefficient (Wildman–Crippen LogP) is 5.11. The maximum Gasteiger partial charge on any atom is 0.341 e. The van der Waals surface area contributed by atoms with E-state index in [0.717, 1.165) is 43.2 Å². The number of fused-ring (bicyclic) bond motifs is 1. The van der Waals surface area contributed by atoms with E-state index in [2.05, 4.69) is 5.32 Å². The zero-order valence-corrected chi connectivity index (χ0v) is 16.1. The molecular formula is C20H20ClNO3S. The van der Waals surface area contributed by atoms with E-state index in [0.29, 0.717) is 15.6 Å². The molecule has 0 saturated heterocycles. The minimum Gasteiger partial charge on any atom is -0.465 e. The van der Waals surface area contributed by atoms with Gasteiger partial charge >= 0.3 is 5.97 Å². The first-order chi connectivity index (χ1) is 12.6. The lowest BCUT2D eigenvalue weighted by Crippen LogP contribution is -2.12. The average molecular weight is 390 g/mol. The molecule has 1 aromatic carbocycles. The van der Waals surface area contributed by atoms with Crippen LogP contribution >= 0.6 is 22.9 Å². The molecule has 0 aliphatic heterocycles. The molecule has 0 fully saturated rings. The van der Waals surface area contributed by atoms with Crippen LogP contribution in [0.4, 0.5) is 5.00 Å². The summed E-state index contributed by atoms with van der Waals surface area (Å²) in [6.07, 6.45) is 8.25. The topological polar surface area (TPSA) is 55.4 Å². The normalized spacial score (nSPS) is 13.9. The first kappa shape index (κ1) is 18.7. The van der Waals surface area contributed by atoms with Gasteiger partial charge in [0.15, 0.2) is 0 Å². The SMILES string of the molecule is COC(=O)c1c(NC(=O)/C=C/c2cccc(Cl)c2)sc2c1CCCCC2. The molecule has 26 heavy (non-hydrogen) atoms. The fraction of sp³-hybridized carbons (Fsp3) is 0.300. The summed E-state index contributed by atoms with van der Waals surface area (Å²) in [5.74, 6) is -0.676. The number of thiophene rings is 1. The number of carbonyl (C=O) groups excluding carboxylic acids is 2. The second-order valence-electron chi connectivity index (χ2n) is 6.14. The Bertz CT molecular complexity index is 857. The van der Waals surface area contributed by atoms with Crippen molar-refractivity contribution in [3.63, 3.8) is 0 Å². The van der Waals surface area contributed by atoms with Crippen LogP contribution in [-0.4, -0.2) is 19.0 Å². The highest BCUT2D eigenvalue weighted by Gasteiger charge is 2.25. The second kappa shape index (κ2) is 8.52. The van der Waals surface area contributed by atoms with Crippen LogP contribution in [0.3, 0.4) is 0 Å². The summed E-state index contributed by atoms with van der Waals surface area (Å²) in [6.45, 7) is 0. The standard InChI is InChI=1S/C20H20ClNO3S/c1-25-20(24)18-15-8-3-2-4-9-16(15)26-19(18)22-17(23)11-10-13-6-5-7-14(21)12-13/h5-7,10-12H,2-4,8-9H2,1H3,(H,22,23)/b11-10+. The van der Waals surface area contributed by atoms with E-state index >= 15 is 0 Å². The molecule has 6 heteroatoms. The summed E-state index contributed by atoms with van der Waals surface area (Å²) in [5, 5.41) is 4.03. The maximum atomic E-state index is 12.3. The monoisotopic (exact) mass is 389 g/mol. The number of esters is 1. The molecule has 4 nitrogen and oxygen atoms in total. The molecule has 0 radical (unpaired) electrons. The fourth-order valence-electron chi connectivity index (χ4n) is 3.08. The summed E-state index contributed by atoms with van der Waals surface area (Å²) in [7, 11) is 1.37. The summed E-state index contributed by atoms with van der Waals surface area (Å²) in [5.41, 5.74) is 2.38. The molecule has 136 valence electrons. The van der Waals surface area contributed by atoms with E-state index in [4.69, 9.17) is 16.3 Å². The van der Waals surface area contributed by atoms with Crippen LogP contribution in [0.25, 0.3) is 6.08 Å². The fourth-order valence-corrected chi connectivity index (χ4v) is 4.56. The molecule has 1 aliphatic rings. The second-order valence-corrected chi connectivity index (χ2v) is 7.68. The molecule has 0 spiro atoms. The number of ether oxygens (including phenoxy) is 1. The number of benzene rings is 1. The van der Waals surface area contributed by atoms with Crippen LogP contribution in [-0.2, 0) is 22.4 Å². The van der Waals surface area contributed by atoms with Crippen molar-refractivity contribution in [3.8, 4) is 0 Å². The number of hydrogen-bond acceptors (Lipinski definition) is 4. The number of halogens is 1. The van der Waals surface area contributed by atoms with Crippen molar-refractivity contribution in [3.05, 3.63) is 56.9 Å². The van der Waals surface area contributed by atoms with Gasteiger partial charge in [0.1, 0.15) is 5.00 Å². The van der Waals surface area contributed by atoms with Gasteiger partial charge in [-0.2, -0.15) is 0 Å². The van der Waals surface area contributed by atoms with Gasteiger partial charge in [0.2, 0.25) is 5.91 Å². The zero-order chi connectivity index (χ0) is 18.5. The van der Waals surface area contributed by atoms with Crippen molar-refractivity contribution in [2.24, 2.45) is 0 Å². The minimum atomic E-state index is -0.390. The van der Waals surface area contributed by atoms with E-state index in [1.165, 1.54) is 29.4 Å². The highest BCUT2D eigenvalue weighted by molar-refractivity contribution is 7.17. The van der Waals surface area contributed by atoms with Crippen LogP contribution in [0.2, 0.25) is 5.02 Å². The highest BCUT2D eigenvalue weighted by atomic mass is 35.5. The Morgan fingerprint density at radius 3 is 2.81 bits per heavy atom. The summed E-state index contributed by atoms with van der Waals surface area (Å²) >= 11 is 7.43. The van der Waals surface area contributed by atoms with E-state index < -0.39 is 5.97 Å². The van der Waals surface area contributed by atoms with Crippen molar-refractivity contribution in [1.82, 2.24) is 0 Å². The van der Waals surface area contributed by atoms with Gasteiger partial charge in [0, 0.05) is 16.0 Å². The van der Waals surface area contributed by atoms with Gasteiger partial charge in [0.05, 0.1) is 12.7 Å². The Balaban J connectivity index is 1.82. The third-order valence-corrected chi connectivity index (χ3v) is 5.77. The number of hydrogen-bond donors (Lipinski definition) is 1. The van der Waals surface area contributed by atoms with Crippen molar-refractivity contribution in [2.75, 3.05) is 12.4 Å². The average Bonchev–Trinajstić information content (AvgIpc) is 2.80. The predicted molar refractivity (Wildman–Crippen MR) is 106 cm³/mol. The molecule has 1 aliphatic carbocycles. The molecular weight excluding hydrogens is 370 g/mol. The molecule has 0 bridgehead atoms. The summed E-state index contributed by atoms with van der Waals surface area (Å²) < 4.78 is 4.95. The minimum absolute atomic E-state index is 0.286. The lowest BCUT2D eigenvalue weighted by atomic mass is 10.1. The quantitative estimate of drug-likeness (QED) is 0.449. The molecule has 3 rings (SSSR count). The molecule has 1 N–H and O–H groups in total. The van der Waals surface area contributed by atoms with Crippen LogP contribution < -0.4 is 5.32 Å². The van der Waals surface area contributed by atoms with E-state index in [1.807, 2.05) is 12.1 Å². The third kappa shape index (κ3) is 4.34. The number of rotatable bonds is 4. The lowest BCUT2D eigenvalue weighted by molar-refractivity contribution is -0.111. The van der Waals surface area contributed by atoms with Gasteiger partial charge in [-0.05, 0) is 55.0 Å². The molecule has 0 unspecified atom stereocenters. The number of carbonyl (C=O) groups is 2. The lowest BCUT2D eigenvalue weighted by Gasteiger charge is -2.06. The van der Waals surface area contributed by atoms with E-state index in [-0.39, 0.29) is 5.91 Å². The molecule has 2 aromatic rings. The first-order valence-electron chi connectivity index (χ1n) is 8.56. The van der Waals surface area contributed by atoms with E-state index in [1.54, 1.807) is 18.2 Å². The molecule has 0 atom stereocenters. The maximum absolute atomic E-state index is 12.3. The van der Waals surface area contributed by atoms with Gasteiger partial charge in [-0.15, -0.1) is 11.3 Å². The Hall–Kier alpha value is -2.11. The Morgan fingerprint density at radius 1 is 1.23 bits per heavy atom. The van der Waals surface area contributed by atoms with Gasteiger partial charge in [0.25, 0.3) is 0 Å². The van der Waals surface area contributed by atoms with Gasteiger partial charge in [-0.3, -0.25) is 4.79 Å². The Morgan fingerprint density at radius 2 is 2.04 bits per heavy atom. The smallest absolute Gasteiger partial charge is 0.341 e. The Kier molecular flexibility index (Phi) is 6.12. The number of methoxy groups -OCH3 is 1. The first-order valence-corrected chi connectivity index (χ1v) is 9.75. The number of nitrogens with one attached hydrogen (secondary N) is 1. The Labute approximate surface area is 161 Å². The van der Waals surface area contributed by atoms with Crippen molar-refractivity contribution >= 4 is 45.9 Å². The van der Waals surface area contributed by atoms with Crippen molar-refractivity contribution < 1.29 is 14.3 Å². The highest BCUT2D eigenvalue weighted by Crippen LogP contribution is 2.37. The third-order valence-electron chi connectivity index (χ3n) is 4.32. The number of anilines is 1. The zero-order valence-electron chi connectivity index (χ0n) is 14.5. The van der Waals surface area contributed by atoms with Crippen molar-refractivity contribution in [1.29, 1.82) is 0 Å². The van der Waals surface area contributed by atoms with Crippen molar-refractivity contribution in [2.45, 2.75) is 32.1 Å². The van der Waals surface area contributed by atoms with Crippen LogP contribution in [0, 0.1) is 0 Å². The van der Waals surface area contributed by atoms with Gasteiger partial charge < -0.3 is 10.1 Å². The molecule has 1 amide bonds. The largest absolute Gasteiger partial charge is 0.465 e. The summed E-state index contributed by atoms with van der Waals surface area (Å²) in [4.78, 5) is 25.8. The number of amides is 1. The van der Waals surface area contributed by atoms with E-state index in [9.17, 15) is 9.59 Å². The molecule has 0 saturated carbocycles. The van der Waals surface area contributed by atoms with Crippen LogP contribution in [0.5, 0.6) is 0 Å². The molecule has 1 aromatic heterocycles. The van der Waals surface area contributed by atoms with Crippen LogP contribution in [0.15, 0.2) is 30.3 Å². The summed E-state index contributed by atoms with van der Waals surface area (Å²) in [6, 6.07) is 7.24.